The third kappa shape index (κ3) is 4.83. The van der Waals surface area contributed by atoms with Crippen LogP contribution in [-0.4, -0.2) is 37.2 Å². The van der Waals surface area contributed by atoms with Crippen LogP contribution >= 0.6 is 23.2 Å². The zero-order chi connectivity index (χ0) is 21.8. The van der Waals surface area contributed by atoms with Crippen molar-refractivity contribution in [1.82, 2.24) is 19.7 Å². The number of hydrogen-bond donors (Lipinski definition) is 1. The molecule has 0 saturated carbocycles. The van der Waals surface area contributed by atoms with Gasteiger partial charge in [0.25, 0.3) is 5.91 Å². The van der Waals surface area contributed by atoms with E-state index in [4.69, 9.17) is 23.2 Å². The molecule has 0 aliphatic carbocycles. The Bertz CT molecular complexity index is 1040. The third-order valence-electron chi connectivity index (χ3n) is 4.61. The fourth-order valence-electron chi connectivity index (χ4n) is 2.91. The lowest BCUT2D eigenvalue weighted by molar-refractivity contribution is 0.0750. The number of phenolic OH excluding ortho intramolecular Hbond substituents is 1. The van der Waals surface area contributed by atoms with Crippen LogP contribution in [0.5, 0.6) is 5.75 Å². The monoisotopic (exact) mass is 444 g/mol. The smallest absolute Gasteiger partial charge is 0.294 e. The first-order chi connectivity index (χ1) is 14.3. The average molecular weight is 445 g/mol. The standard InChI is InChI=1S/C22H22Cl2N4O2/c1-4-9-27(12-15-5-7-16(8-6-15)14(2)3)22(30)21-25-13-28(26-21)17-10-18(23)20(29)19(24)11-17/h4-8,10-11,13-14,29H,1,9,12H2,2-3H3. The number of carbonyl (C=O) groups excluding carboxylic acids is 1. The van der Waals surface area contributed by atoms with E-state index < -0.39 is 0 Å². The minimum absolute atomic E-state index is 0.0379. The van der Waals surface area contributed by atoms with E-state index in [9.17, 15) is 9.90 Å². The topological polar surface area (TPSA) is 71.2 Å². The molecule has 0 unspecified atom stereocenters. The van der Waals surface area contributed by atoms with Crippen LogP contribution in [0.15, 0.2) is 55.4 Å². The quantitative estimate of drug-likeness (QED) is 0.506. The van der Waals surface area contributed by atoms with E-state index in [0.717, 1.165) is 5.56 Å². The van der Waals surface area contributed by atoms with Gasteiger partial charge in [0.2, 0.25) is 5.82 Å². The van der Waals surface area contributed by atoms with E-state index in [1.165, 1.54) is 28.7 Å². The summed E-state index contributed by atoms with van der Waals surface area (Å²) in [5, 5.41) is 14.1. The van der Waals surface area contributed by atoms with Gasteiger partial charge in [0.15, 0.2) is 5.75 Å². The summed E-state index contributed by atoms with van der Waals surface area (Å²) < 4.78 is 1.38. The predicted molar refractivity (Wildman–Crippen MR) is 119 cm³/mol. The molecule has 0 bridgehead atoms. The maximum atomic E-state index is 13.0. The Labute approximate surface area is 185 Å². The van der Waals surface area contributed by atoms with Crippen molar-refractivity contribution < 1.29 is 9.90 Å². The van der Waals surface area contributed by atoms with Crippen molar-refractivity contribution >= 4 is 29.1 Å². The number of nitrogens with zero attached hydrogens (tertiary/aromatic N) is 4. The number of aromatic nitrogens is 3. The highest BCUT2D eigenvalue weighted by molar-refractivity contribution is 6.37. The van der Waals surface area contributed by atoms with Gasteiger partial charge in [-0.1, -0.05) is 67.4 Å². The van der Waals surface area contributed by atoms with E-state index in [2.05, 4.69) is 42.6 Å². The Morgan fingerprint density at radius 1 is 1.23 bits per heavy atom. The van der Waals surface area contributed by atoms with Gasteiger partial charge < -0.3 is 10.0 Å². The van der Waals surface area contributed by atoms with E-state index >= 15 is 0 Å². The number of carbonyl (C=O) groups is 1. The van der Waals surface area contributed by atoms with Gasteiger partial charge in [0.05, 0.1) is 15.7 Å². The molecule has 1 heterocycles. The van der Waals surface area contributed by atoms with E-state index in [1.54, 1.807) is 11.0 Å². The molecule has 0 fully saturated rings. The molecule has 1 amide bonds. The Hall–Kier alpha value is -2.83. The van der Waals surface area contributed by atoms with Gasteiger partial charge in [-0.15, -0.1) is 11.7 Å². The summed E-state index contributed by atoms with van der Waals surface area (Å²) in [6.07, 6.45) is 3.06. The molecule has 3 rings (SSSR count). The summed E-state index contributed by atoms with van der Waals surface area (Å²) in [5.41, 5.74) is 2.73. The SMILES string of the molecule is C=CCN(Cc1ccc(C(C)C)cc1)C(=O)c1ncn(-c2cc(Cl)c(O)c(Cl)c2)n1. The average Bonchev–Trinajstić information content (AvgIpc) is 3.21. The van der Waals surface area contributed by atoms with Crippen LogP contribution in [0.25, 0.3) is 5.69 Å². The largest absolute Gasteiger partial charge is 0.505 e. The second kappa shape index (κ2) is 9.32. The molecule has 6 nitrogen and oxygen atoms in total. The molecule has 0 aliphatic heterocycles. The van der Waals surface area contributed by atoms with Crippen molar-refractivity contribution in [3.63, 3.8) is 0 Å². The van der Waals surface area contributed by atoms with Crippen molar-refractivity contribution in [3.8, 4) is 11.4 Å². The van der Waals surface area contributed by atoms with Gasteiger partial charge in [0.1, 0.15) is 6.33 Å². The molecule has 0 saturated heterocycles. The summed E-state index contributed by atoms with van der Waals surface area (Å²) in [5.74, 6) is -0.0484. The lowest BCUT2D eigenvalue weighted by atomic mass is 10.0. The van der Waals surface area contributed by atoms with Gasteiger partial charge in [-0.05, 0) is 29.2 Å². The molecule has 8 heteroatoms. The van der Waals surface area contributed by atoms with Crippen LogP contribution in [0.2, 0.25) is 10.0 Å². The molecule has 0 spiro atoms. The number of halogens is 2. The fraction of sp³-hybridized carbons (Fsp3) is 0.227. The molecule has 156 valence electrons. The second-order valence-electron chi connectivity index (χ2n) is 7.14. The zero-order valence-electron chi connectivity index (χ0n) is 16.7. The summed E-state index contributed by atoms with van der Waals surface area (Å²) in [6.45, 7) is 8.79. The molecule has 1 N–H and O–H groups in total. The van der Waals surface area contributed by atoms with Gasteiger partial charge in [-0.3, -0.25) is 4.79 Å². The molecule has 2 aromatic carbocycles. The number of phenols is 1. The maximum absolute atomic E-state index is 13.0. The molecular formula is C22H22Cl2N4O2. The number of amides is 1. The van der Waals surface area contributed by atoms with Crippen LogP contribution in [-0.2, 0) is 6.54 Å². The number of hydrogen-bond acceptors (Lipinski definition) is 4. The highest BCUT2D eigenvalue weighted by Gasteiger charge is 2.20. The Morgan fingerprint density at radius 3 is 2.43 bits per heavy atom. The zero-order valence-corrected chi connectivity index (χ0v) is 18.2. The van der Waals surface area contributed by atoms with Crippen LogP contribution in [0.4, 0.5) is 0 Å². The first-order valence-electron chi connectivity index (χ1n) is 9.39. The number of aromatic hydroxyl groups is 1. The van der Waals surface area contributed by atoms with E-state index in [0.29, 0.717) is 24.7 Å². The predicted octanol–water partition coefficient (Wildman–Crippen LogP) is 5.23. The third-order valence-corrected chi connectivity index (χ3v) is 5.18. The molecule has 30 heavy (non-hydrogen) atoms. The molecular weight excluding hydrogens is 423 g/mol. The van der Waals surface area contributed by atoms with Crippen molar-refractivity contribution in [3.05, 3.63) is 82.4 Å². The lowest BCUT2D eigenvalue weighted by Crippen LogP contribution is -2.31. The number of rotatable bonds is 7. The molecule has 0 aliphatic rings. The maximum Gasteiger partial charge on any atom is 0.294 e. The summed E-state index contributed by atoms with van der Waals surface area (Å²) >= 11 is 11.9. The number of benzene rings is 2. The molecule has 1 aromatic heterocycles. The highest BCUT2D eigenvalue weighted by atomic mass is 35.5. The molecule has 3 aromatic rings. The highest BCUT2D eigenvalue weighted by Crippen LogP contribution is 2.33. The van der Waals surface area contributed by atoms with Crippen molar-refractivity contribution in [2.75, 3.05) is 6.54 Å². The summed E-state index contributed by atoms with van der Waals surface area (Å²) in [4.78, 5) is 18.7. The summed E-state index contributed by atoms with van der Waals surface area (Å²) in [6, 6.07) is 11.2. The fourth-order valence-corrected chi connectivity index (χ4v) is 3.39. The molecule has 0 radical (unpaired) electrons. The van der Waals surface area contributed by atoms with Gasteiger partial charge in [-0.25, -0.2) is 9.67 Å². The minimum Gasteiger partial charge on any atom is -0.505 e. The Balaban J connectivity index is 1.81. The molecule has 0 atom stereocenters. The van der Waals surface area contributed by atoms with Crippen LogP contribution < -0.4 is 0 Å². The lowest BCUT2D eigenvalue weighted by Gasteiger charge is -2.20. The van der Waals surface area contributed by atoms with Crippen molar-refractivity contribution in [2.45, 2.75) is 26.3 Å². The van der Waals surface area contributed by atoms with Crippen molar-refractivity contribution in [1.29, 1.82) is 0 Å². The van der Waals surface area contributed by atoms with E-state index in [1.807, 2.05) is 12.1 Å². The van der Waals surface area contributed by atoms with Crippen molar-refractivity contribution in [2.24, 2.45) is 0 Å². The van der Waals surface area contributed by atoms with Crippen LogP contribution in [0.1, 0.15) is 41.5 Å². The van der Waals surface area contributed by atoms with Gasteiger partial charge in [0, 0.05) is 13.1 Å². The van der Waals surface area contributed by atoms with Gasteiger partial charge >= 0.3 is 0 Å². The first kappa shape index (κ1) is 21.9. The van der Waals surface area contributed by atoms with Gasteiger partial charge in [-0.2, -0.15) is 0 Å². The first-order valence-corrected chi connectivity index (χ1v) is 10.1. The summed E-state index contributed by atoms with van der Waals surface area (Å²) in [7, 11) is 0. The second-order valence-corrected chi connectivity index (χ2v) is 7.96. The minimum atomic E-state index is -0.322. The normalized spacial score (nSPS) is 11.0. The van der Waals surface area contributed by atoms with Crippen LogP contribution in [0.3, 0.4) is 0 Å². The van der Waals surface area contributed by atoms with E-state index in [-0.39, 0.29) is 27.5 Å². The Kier molecular flexibility index (Phi) is 6.80. The Morgan fingerprint density at radius 2 is 1.87 bits per heavy atom. The van der Waals surface area contributed by atoms with Crippen LogP contribution in [0, 0.1) is 0 Å².